The van der Waals surface area contributed by atoms with Gasteiger partial charge in [-0.25, -0.2) is 18.4 Å². The fourth-order valence-electron chi connectivity index (χ4n) is 3.35. The summed E-state index contributed by atoms with van der Waals surface area (Å²) in [5.41, 5.74) is 2.04. The van der Waals surface area contributed by atoms with Crippen molar-refractivity contribution in [1.29, 1.82) is 5.26 Å². The lowest BCUT2D eigenvalue weighted by Gasteiger charge is -2.14. The first-order valence-corrected chi connectivity index (χ1v) is 9.59. The van der Waals surface area contributed by atoms with Crippen LogP contribution >= 0.6 is 0 Å². The molecule has 2 heterocycles. The van der Waals surface area contributed by atoms with Gasteiger partial charge in [0.25, 0.3) is 5.91 Å². The third kappa shape index (κ3) is 3.85. The SMILES string of the molecule is CCn1ncc2c(C(=O)NC(C#N)c3ccc(F)cc3F)cc(-c3ccccc3)nc21. The van der Waals surface area contributed by atoms with Crippen LogP contribution in [-0.4, -0.2) is 20.7 Å². The zero-order valence-electron chi connectivity index (χ0n) is 16.5. The van der Waals surface area contributed by atoms with Gasteiger partial charge in [0.15, 0.2) is 5.65 Å². The minimum atomic E-state index is -1.29. The summed E-state index contributed by atoms with van der Waals surface area (Å²) < 4.78 is 29.1. The van der Waals surface area contributed by atoms with Gasteiger partial charge in [0.2, 0.25) is 0 Å². The van der Waals surface area contributed by atoms with Crippen molar-refractivity contribution in [3.63, 3.8) is 0 Å². The van der Waals surface area contributed by atoms with Gasteiger partial charge in [-0.05, 0) is 19.1 Å². The van der Waals surface area contributed by atoms with Gasteiger partial charge < -0.3 is 5.32 Å². The Labute approximate surface area is 176 Å². The third-order valence-electron chi connectivity index (χ3n) is 4.90. The molecule has 1 atom stereocenters. The summed E-state index contributed by atoms with van der Waals surface area (Å²) in [4.78, 5) is 17.8. The molecule has 2 aromatic heterocycles. The van der Waals surface area contributed by atoms with Gasteiger partial charge in [0, 0.05) is 23.7 Å². The Hall–Kier alpha value is -4.12. The largest absolute Gasteiger partial charge is 0.332 e. The summed E-state index contributed by atoms with van der Waals surface area (Å²) in [5.74, 6) is -2.26. The van der Waals surface area contributed by atoms with Crippen LogP contribution in [0.15, 0.2) is 60.8 Å². The molecule has 1 N–H and O–H groups in total. The van der Waals surface area contributed by atoms with Gasteiger partial charge in [0.1, 0.15) is 17.7 Å². The van der Waals surface area contributed by atoms with E-state index in [4.69, 9.17) is 0 Å². The number of carbonyl (C=O) groups is 1. The fourth-order valence-corrected chi connectivity index (χ4v) is 3.35. The number of aryl methyl sites for hydroxylation is 1. The minimum absolute atomic E-state index is 0.116. The number of fused-ring (bicyclic) bond motifs is 1. The lowest BCUT2D eigenvalue weighted by Crippen LogP contribution is -2.28. The molecular weight excluding hydrogens is 400 g/mol. The second-order valence-corrected chi connectivity index (χ2v) is 6.82. The Morgan fingerprint density at radius 2 is 1.97 bits per heavy atom. The van der Waals surface area contributed by atoms with E-state index in [0.717, 1.165) is 17.7 Å². The normalized spacial score (nSPS) is 11.8. The molecule has 6 nitrogen and oxygen atoms in total. The highest BCUT2D eigenvalue weighted by molar-refractivity contribution is 6.06. The van der Waals surface area contributed by atoms with Gasteiger partial charge in [-0.15, -0.1) is 0 Å². The zero-order chi connectivity index (χ0) is 22.0. The average molecular weight is 417 g/mol. The number of hydrogen-bond acceptors (Lipinski definition) is 4. The van der Waals surface area contributed by atoms with Crippen LogP contribution in [0.25, 0.3) is 22.3 Å². The van der Waals surface area contributed by atoms with Gasteiger partial charge in [-0.1, -0.05) is 36.4 Å². The topological polar surface area (TPSA) is 83.6 Å². The van der Waals surface area contributed by atoms with Crippen molar-refractivity contribution in [2.45, 2.75) is 19.5 Å². The first-order valence-electron chi connectivity index (χ1n) is 9.59. The molecule has 4 aromatic rings. The first kappa shape index (κ1) is 20.2. The molecule has 1 unspecified atom stereocenters. The highest BCUT2D eigenvalue weighted by atomic mass is 19.1. The van der Waals surface area contributed by atoms with E-state index in [0.29, 0.717) is 29.3 Å². The second-order valence-electron chi connectivity index (χ2n) is 6.82. The van der Waals surface area contributed by atoms with Gasteiger partial charge in [0.05, 0.1) is 28.9 Å². The van der Waals surface area contributed by atoms with Crippen LogP contribution in [0.2, 0.25) is 0 Å². The van der Waals surface area contributed by atoms with Gasteiger partial charge in [-0.2, -0.15) is 10.4 Å². The number of nitrogens with one attached hydrogen (secondary N) is 1. The van der Waals surface area contributed by atoms with E-state index in [1.165, 1.54) is 6.20 Å². The number of nitrogens with zero attached hydrogens (tertiary/aromatic N) is 4. The van der Waals surface area contributed by atoms with E-state index in [-0.39, 0.29) is 11.1 Å². The third-order valence-corrected chi connectivity index (χ3v) is 4.90. The van der Waals surface area contributed by atoms with E-state index in [1.807, 2.05) is 43.3 Å². The summed E-state index contributed by atoms with van der Waals surface area (Å²) in [6, 6.07) is 14.4. The number of aromatic nitrogens is 3. The Balaban J connectivity index is 1.78. The predicted octanol–water partition coefficient (Wildman–Crippen LogP) is 4.39. The van der Waals surface area contributed by atoms with E-state index >= 15 is 0 Å². The zero-order valence-corrected chi connectivity index (χ0v) is 16.5. The summed E-state index contributed by atoms with van der Waals surface area (Å²) >= 11 is 0. The molecule has 8 heteroatoms. The number of pyridine rings is 1. The van der Waals surface area contributed by atoms with Crippen LogP contribution in [0, 0.1) is 23.0 Å². The maximum Gasteiger partial charge on any atom is 0.253 e. The van der Waals surface area contributed by atoms with Crippen LogP contribution in [0.3, 0.4) is 0 Å². The van der Waals surface area contributed by atoms with Crippen LogP contribution < -0.4 is 5.32 Å². The highest BCUT2D eigenvalue weighted by Gasteiger charge is 2.22. The Bertz CT molecular complexity index is 1310. The van der Waals surface area contributed by atoms with E-state index < -0.39 is 23.6 Å². The summed E-state index contributed by atoms with van der Waals surface area (Å²) in [6.45, 7) is 2.46. The minimum Gasteiger partial charge on any atom is -0.332 e. The second kappa shape index (κ2) is 8.32. The average Bonchev–Trinajstić information content (AvgIpc) is 3.20. The van der Waals surface area contributed by atoms with Crippen molar-refractivity contribution in [2.75, 3.05) is 0 Å². The molecule has 0 bridgehead atoms. The number of benzene rings is 2. The number of hydrogen-bond donors (Lipinski definition) is 1. The molecule has 154 valence electrons. The summed E-state index contributed by atoms with van der Waals surface area (Å²) in [7, 11) is 0. The van der Waals surface area contributed by atoms with E-state index in [1.54, 1.807) is 10.7 Å². The molecule has 0 spiro atoms. The van der Waals surface area contributed by atoms with Crippen molar-refractivity contribution in [3.8, 4) is 17.3 Å². The fraction of sp³-hybridized carbons (Fsp3) is 0.130. The molecule has 0 fully saturated rings. The molecule has 0 radical (unpaired) electrons. The maximum atomic E-state index is 14.2. The smallest absolute Gasteiger partial charge is 0.253 e. The quantitative estimate of drug-likeness (QED) is 0.522. The van der Waals surface area contributed by atoms with Crippen molar-refractivity contribution in [1.82, 2.24) is 20.1 Å². The van der Waals surface area contributed by atoms with Crippen LogP contribution in [0.5, 0.6) is 0 Å². The monoisotopic (exact) mass is 417 g/mol. The predicted molar refractivity (Wildman–Crippen MR) is 111 cm³/mol. The molecule has 0 aliphatic carbocycles. The molecule has 0 aliphatic heterocycles. The van der Waals surface area contributed by atoms with Gasteiger partial charge in [-0.3, -0.25) is 4.79 Å². The van der Waals surface area contributed by atoms with Gasteiger partial charge >= 0.3 is 0 Å². The standard InChI is InChI=1S/C23H17F2N5O/c1-2-30-22-18(13-27-30)17(11-20(28-22)14-6-4-3-5-7-14)23(31)29-21(12-26)16-9-8-15(24)10-19(16)25/h3-11,13,21H,2H2,1H3,(H,29,31). The Morgan fingerprint density at radius 1 is 1.19 bits per heavy atom. The lowest BCUT2D eigenvalue weighted by atomic mass is 10.0. The Morgan fingerprint density at radius 3 is 2.65 bits per heavy atom. The highest BCUT2D eigenvalue weighted by Crippen LogP contribution is 2.26. The molecule has 0 saturated carbocycles. The van der Waals surface area contributed by atoms with E-state index in [2.05, 4.69) is 15.4 Å². The molecular formula is C23H17F2N5O. The summed E-state index contributed by atoms with van der Waals surface area (Å²) in [5, 5.41) is 16.8. The lowest BCUT2D eigenvalue weighted by molar-refractivity contribution is 0.0946. The molecule has 4 rings (SSSR count). The Kier molecular flexibility index (Phi) is 5.41. The van der Waals surface area contributed by atoms with Crippen LogP contribution in [0.4, 0.5) is 8.78 Å². The number of halogens is 2. The first-order chi connectivity index (χ1) is 15.0. The molecule has 0 saturated heterocycles. The van der Waals surface area contributed by atoms with Crippen LogP contribution in [0.1, 0.15) is 28.9 Å². The molecule has 31 heavy (non-hydrogen) atoms. The van der Waals surface area contributed by atoms with Crippen LogP contribution in [-0.2, 0) is 6.54 Å². The van der Waals surface area contributed by atoms with Crippen molar-refractivity contribution in [2.24, 2.45) is 0 Å². The van der Waals surface area contributed by atoms with Crippen molar-refractivity contribution < 1.29 is 13.6 Å². The molecule has 0 aliphatic rings. The number of rotatable bonds is 5. The van der Waals surface area contributed by atoms with Crippen molar-refractivity contribution in [3.05, 3.63) is 83.6 Å². The maximum absolute atomic E-state index is 14.2. The van der Waals surface area contributed by atoms with E-state index in [9.17, 15) is 18.8 Å². The number of nitriles is 1. The number of carbonyl (C=O) groups excluding carboxylic acids is 1. The van der Waals surface area contributed by atoms with Crippen molar-refractivity contribution >= 4 is 16.9 Å². The number of amides is 1. The summed E-state index contributed by atoms with van der Waals surface area (Å²) in [6.07, 6.45) is 1.54. The molecule has 2 aromatic carbocycles. The molecule has 1 amide bonds.